The van der Waals surface area contributed by atoms with Crippen LogP contribution in [0.3, 0.4) is 0 Å². The molecule has 0 aliphatic heterocycles. The fourth-order valence-electron chi connectivity index (χ4n) is 5.42. The van der Waals surface area contributed by atoms with Crippen molar-refractivity contribution in [2.24, 2.45) is 22.7 Å². The van der Waals surface area contributed by atoms with Gasteiger partial charge in [-0.15, -0.1) is 0 Å². The lowest BCUT2D eigenvalue weighted by Crippen LogP contribution is -2.36. The normalized spacial score (nSPS) is 24.5. The van der Waals surface area contributed by atoms with Gasteiger partial charge in [0.05, 0.1) is 6.04 Å². The molecule has 1 N–H and O–H groups in total. The Morgan fingerprint density at radius 1 is 0.857 bits per heavy atom. The topological polar surface area (TPSA) is 12.0 Å². The first-order valence-electron chi connectivity index (χ1n) is 11.1. The Bertz CT molecular complexity index is 677. The van der Waals surface area contributed by atoms with Gasteiger partial charge in [0.25, 0.3) is 0 Å². The molecule has 28 heavy (non-hydrogen) atoms. The molecule has 2 atom stereocenters. The maximum Gasteiger partial charge on any atom is 0.0576 e. The van der Waals surface area contributed by atoms with Gasteiger partial charge in [0.1, 0.15) is 0 Å². The molecule has 1 heteroatoms. The molecule has 0 aromatic heterocycles. The molecule has 2 unspecified atom stereocenters. The Balaban J connectivity index is 1.74. The summed E-state index contributed by atoms with van der Waals surface area (Å²) in [5.74, 6) is 1.53. The SMILES string of the molecule is CC1CCC(CNC(c2ccccc2)c2ccccc2)CC(C)(C)CC1(C)C. The van der Waals surface area contributed by atoms with Crippen LogP contribution in [-0.2, 0) is 0 Å². The highest BCUT2D eigenvalue weighted by Gasteiger charge is 2.37. The third-order valence-corrected chi connectivity index (χ3v) is 6.99. The summed E-state index contributed by atoms with van der Waals surface area (Å²) in [7, 11) is 0. The van der Waals surface area contributed by atoms with E-state index in [4.69, 9.17) is 0 Å². The van der Waals surface area contributed by atoms with E-state index in [1.54, 1.807) is 0 Å². The largest absolute Gasteiger partial charge is 0.306 e. The van der Waals surface area contributed by atoms with Crippen molar-refractivity contribution in [1.29, 1.82) is 0 Å². The van der Waals surface area contributed by atoms with E-state index < -0.39 is 0 Å². The summed E-state index contributed by atoms with van der Waals surface area (Å²) in [4.78, 5) is 0. The summed E-state index contributed by atoms with van der Waals surface area (Å²) in [6.07, 6.45) is 5.30. The Hall–Kier alpha value is -1.60. The van der Waals surface area contributed by atoms with Crippen molar-refractivity contribution in [3.8, 4) is 0 Å². The zero-order chi connectivity index (χ0) is 20.2. The summed E-state index contributed by atoms with van der Waals surface area (Å²) in [6, 6.07) is 22.1. The molecule has 0 bridgehead atoms. The molecule has 0 heterocycles. The molecule has 2 aromatic rings. The van der Waals surface area contributed by atoms with Crippen molar-refractivity contribution in [2.75, 3.05) is 6.54 Å². The van der Waals surface area contributed by atoms with Crippen LogP contribution >= 0.6 is 0 Å². The fourth-order valence-corrected chi connectivity index (χ4v) is 5.42. The first-order chi connectivity index (χ1) is 13.3. The first kappa shape index (κ1) is 21.1. The first-order valence-corrected chi connectivity index (χ1v) is 11.1. The molecule has 1 fully saturated rings. The second-order valence-corrected chi connectivity index (χ2v) is 10.5. The van der Waals surface area contributed by atoms with Crippen LogP contribution in [0.5, 0.6) is 0 Å². The predicted octanol–water partition coefficient (Wildman–Crippen LogP) is 7.24. The molecule has 1 saturated carbocycles. The van der Waals surface area contributed by atoms with Gasteiger partial charge < -0.3 is 5.32 Å². The molecule has 2 aromatic carbocycles. The van der Waals surface area contributed by atoms with Crippen LogP contribution in [0.1, 0.15) is 77.5 Å². The molecule has 0 spiro atoms. The van der Waals surface area contributed by atoms with Crippen LogP contribution in [-0.4, -0.2) is 6.54 Å². The van der Waals surface area contributed by atoms with E-state index in [2.05, 4.69) is 101 Å². The van der Waals surface area contributed by atoms with Crippen molar-refractivity contribution >= 4 is 0 Å². The van der Waals surface area contributed by atoms with E-state index in [1.807, 2.05) is 0 Å². The number of hydrogen-bond donors (Lipinski definition) is 1. The molecule has 3 rings (SSSR count). The molecular weight excluding hydrogens is 338 g/mol. The maximum absolute atomic E-state index is 3.94. The number of benzene rings is 2. The minimum absolute atomic E-state index is 0.268. The summed E-state index contributed by atoms with van der Waals surface area (Å²) in [5, 5.41) is 3.94. The van der Waals surface area contributed by atoms with Gasteiger partial charge in [-0.3, -0.25) is 0 Å². The van der Waals surface area contributed by atoms with Crippen molar-refractivity contribution in [1.82, 2.24) is 5.32 Å². The predicted molar refractivity (Wildman–Crippen MR) is 121 cm³/mol. The van der Waals surface area contributed by atoms with Gasteiger partial charge in [0.15, 0.2) is 0 Å². The lowest BCUT2D eigenvalue weighted by atomic mass is 9.62. The van der Waals surface area contributed by atoms with E-state index >= 15 is 0 Å². The van der Waals surface area contributed by atoms with Crippen LogP contribution < -0.4 is 5.32 Å². The standard InChI is InChI=1S/C27H39N/c1-21-16-17-22(18-26(2,3)20-27(21,4)5)19-28-25(23-12-8-6-9-13-23)24-14-10-7-11-15-24/h6-15,21-22,25,28H,16-20H2,1-5H3. The minimum Gasteiger partial charge on any atom is -0.306 e. The summed E-state index contributed by atoms with van der Waals surface area (Å²) in [6.45, 7) is 13.4. The highest BCUT2D eigenvalue weighted by Crippen LogP contribution is 2.47. The van der Waals surface area contributed by atoms with E-state index in [9.17, 15) is 0 Å². The van der Waals surface area contributed by atoms with E-state index in [0.29, 0.717) is 10.8 Å². The number of rotatable bonds is 5. The van der Waals surface area contributed by atoms with Crippen LogP contribution in [0, 0.1) is 22.7 Å². The third-order valence-electron chi connectivity index (χ3n) is 6.99. The summed E-state index contributed by atoms with van der Waals surface area (Å²) < 4.78 is 0. The van der Waals surface area contributed by atoms with Gasteiger partial charge in [-0.1, -0.05) is 95.3 Å². The third kappa shape index (κ3) is 5.47. The molecule has 0 amide bonds. The van der Waals surface area contributed by atoms with Crippen LogP contribution in [0.25, 0.3) is 0 Å². The molecule has 1 aliphatic carbocycles. The van der Waals surface area contributed by atoms with Crippen molar-refractivity contribution in [2.45, 2.75) is 66.3 Å². The lowest BCUT2D eigenvalue weighted by molar-refractivity contribution is 0.0737. The maximum atomic E-state index is 3.94. The Morgan fingerprint density at radius 2 is 1.39 bits per heavy atom. The average molecular weight is 378 g/mol. The van der Waals surface area contributed by atoms with Gasteiger partial charge in [-0.05, 0) is 66.0 Å². The van der Waals surface area contributed by atoms with Crippen molar-refractivity contribution in [3.63, 3.8) is 0 Å². The molecule has 152 valence electrons. The van der Waals surface area contributed by atoms with E-state index in [-0.39, 0.29) is 6.04 Å². The number of hydrogen-bond acceptors (Lipinski definition) is 1. The van der Waals surface area contributed by atoms with Crippen LogP contribution in [0.15, 0.2) is 60.7 Å². The number of nitrogens with one attached hydrogen (secondary N) is 1. The molecule has 0 saturated heterocycles. The summed E-state index contributed by atoms with van der Waals surface area (Å²) >= 11 is 0. The van der Waals surface area contributed by atoms with Crippen LogP contribution in [0.4, 0.5) is 0 Å². The van der Waals surface area contributed by atoms with Crippen LogP contribution in [0.2, 0.25) is 0 Å². The minimum atomic E-state index is 0.268. The van der Waals surface area contributed by atoms with E-state index in [0.717, 1.165) is 18.4 Å². The molecular formula is C27H39N. The molecule has 0 radical (unpaired) electrons. The molecule has 1 nitrogen and oxygen atoms in total. The van der Waals surface area contributed by atoms with Crippen molar-refractivity contribution in [3.05, 3.63) is 71.8 Å². The highest BCUT2D eigenvalue weighted by molar-refractivity contribution is 5.31. The second kappa shape index (κ2) is 8.82. The summed E-state index contributed by atoms with van der Waals surface area (Å²) in [5.41, 5.74) is 3.56. The Morgan fingerprint density at radius 3 is 1.93 bits per heavy atom. The quantitative estimate of drug-likeness (QED) is 0.579. The zero-order valence-corrected chi connectivity index (χ0v) is 18.5. The fraction of sp³-hybridized carbons (Fsp3) is 0.556. The monoisotopic (exact) mass is 377 g/mol. The van der Waals surface area contributed by atoms with Gasteiger partial charge in [-0.2, -0.15) is 0 Å². The average Bonchev–Trinajstić information content (AvgIpc) is 2.65. The molecule has 1 aliphatic rings. The zero-order valence-electron chi connectivity index (χ0n) is 18.5. The Kier molecular flexibility index (Phi) is 6.65. The van der Waals surface area contributed by atoms with Gasteiger partial charge in [0, 0.05) is 0 Å². The van der Waals surface area contributed by atoms with Gasteiger partial charge in [0.2, 0.25) is 0 Å². The van der Waals surface area contributed by atoms with Gasteiger partial charge in [-0.25, -0.2) is 0 Å². The highest BCUT2D eigenvalue weighted by atomic mass is 14.9. The smallest absolute Gasteiger partial charge is 0.0576 e. The van der Waals surface area contributed by atoms with Crippen molar-refractivity contribution < 1.29 is 0 Å². The van der Waals surface area contributed by atoms with Gasteiger partial charge >= 0.3 is 0 Å². The van der Waals surface area contributed by atoms with E-state index in [1.165, 1.54) is 36.8 Å². The lowest BCUT2D eigenvalue weighted by Gasteiger charge is -2.44. The Labute approximate surface area is 173 Å². The second-order valence-electron chi connectivity index (χ2n) is 10.5.